The first-order valence-electron chi connectivity index (χ1n) is 10.1. The molecule has 1 saturated heterocycles. The predicted molar refractivity (Wildman–Crippen MR) is 108 cm³/mol. The Morgan fingerprint density at radius 1 is 1.29 bits per heavy atom. The van der Waals surface area contributed by atoms with Crippen molar-refractivity contribution in [2.24, 2.45) is 0 Å². The summed E-state index contributed by atoms with van der Waals surface area (Å²) in [7, 11) is -4.70. The van der Waals surface area contributed by atoms with Crippen molar-refractivity contribution in [2.75, 3.05) is 6.54 Å². The molecule has 14 heteroatoms. The number of nitrogens with one attached hydrogen (secondary N) is 1. The Morgan fingerprint density at radius 2 is 2.00 bits per heavy atom. The molecule has 34 heavy (non-hydrogen) atoms. The van der Waals surface area contributed by atoms with Crippen molar-refractivity contribution in [2.45, 2.75) is 47.2 Å². The van der Waals surface area contributed by atoms with Gasteiger partial charge in [-0.2, -0.15) is 23.5 Å². The molecule has 2 N–H and O–H groups in total. The normalized spacial score (nSPS) is 21.6. The van der Waals surface area contributed by atoms with Gasteiger partial charge in [0.2, 0.25) is 5.91 Å². The molecule has 2 heterocycles. The molecule has 2 atom stereocenters. The van der Waals surface area contributed by atoms with Crippen LogP contribution in [-0.2, 0) is 20.8 Å². The number of benzene rings is 1. The second-order valence-electron chi connectivity index (χ2n) is 8.17. The molecule has 0 bridgehead atoms. The van der Waals surface area contributed by atoms with Crippen LogP contribution in [0, 0.1) is 11.3 Å². The Labute approximate surface area is 191 Å². The first kappa shape index (κ1) is 23.6. The summed E-state index contributed by atoms with van der Waals surface area (Å²) in [6, 6.07) is 4.56. The van der Waals surface area contributed by atoms with Crippen LogP contribution in [0.2, 0.25) is 0 Å². The average Bonchev–Trinajstić information content (AvgIpc) is 3.19. The highest BCUT2D eigenvalue weighted by atomic mass is 32.2. The van der Waals surface area contributed by atoms with E-state index in [9.17, 15) is 36.3 Å². The van der Waals surface area contributed by atoms with Gasteiger partial charge in [-0.15, -0.1) is 0 Å². The number of sulfone groups is 1. The van der Waals surface area contributed by atoms with E-state index in [1.165, 1.54) is 18.5 Å². The van der Waals surface area contributed by atoms with Gasteiger partial charge in [0.25, 0.3) is 0 Å². The number of carboxylic acid groups (broad SMARTS) is 1. The number of nitriles is 1. The lowest BCUT2D eigenvalue weighted by molar-refractivity contribution is -0.139. The van der Waals surface area contributed by atoms with Gasteiger partial charge in [-0.1, -0.05) is 0 Å². The van der Waals surface area contributed by atoms with Gasteiger partial charge in [-0.25, -0.2) is 17.9 Å². The Morgan fingerprint density at radius 3 is 2.53 bits per heavy atom. The lowest BCUT2D eigenvalue weighted by atomic mass is 10.2. The highest BCUT2D eigenvalue weighted by Crippen LogP contribution is 2.39. The number of aromatic nitrogens is 2. The van der Waals surface area contributed by atoms with Crippen molar-refractivity contribution < 1.29 is 36.3 Å². The topological polar surface area (TPSA) is 145 Å². The van der Waals surface area contributed by atoms with E-state index >= 15 is 0 Å². The Kier molecular flexibility index (Phi) is 5.55. The molecule has 2 aromatic rings. The highest BCUT2D eigenvalue weighted by molar-refractivity contribution is 7.92. The Hall–Kier alpha value is -3.60. The summed E-state index contributed by atoms with van der Waals surface area (Å²) >= 11 is 0. The molecule has 1 aromatic carbocycles. The zero-order chi connectivity index (χ0) is 24.9. The van der Waals surface area contributed by atoms with Gasteiger partial charge in [-0.05, 0) is 43.5 Å². The summed E-state index contributed by atoms with van der Waals surface area (Å²) < 4.78 is 69.2. The number of nitrogens with zero attached hydrogens (tertiary/aromatic N) is 4. The van der Waals surface area contributed by atoms with Crippen LogP contribution in [-0.4, -0.2) is 63.6 Å². The summed E-state index contributed by atoms with van der Waals surface area (Å²) in [4.78, 5) is 23.9. The molecule has 2 aliphatic rings. The summed E-state index contributed by atoms with van der Waals surface area (Å²) in [6.45, 7) is -0.687. The zero-order valence-electron chi connectivity index (χ0n) is 17.4. The molecule has 1 saturated carbocycles. The molecule has 2 amide bonds. The molecule has 0 unspecified atom stereocenters. The third-order valence-electron chi connectivity index (χ3n) is 5.92. The molecule has 4 rings (SSSR count). The van der Waals surface area contributed by atoms with E-state index in [1.807, 2.05) is 6.07 Å². The minimum absolute atomic E-state index is 0.0154. The first-order valence-corrected chi connectivity index (χ1v) is 11.6. The molecule has 0 radical (unpaired) electrons. The minimum Gasteiger partial charge on any atom is -0.465 e. The van der Waals surface area contributed by atoms with E-state index in [1.54, 1.807) is 0 Å². The Bertz CT molecular complexity index is 1280. The minimum atomic E-state index is -5.03. The van der Waals surface area contributed by atoms with Crippen LogP contribution in [0.25, 0.3) is 5.69 Å². The van der Waals surface area contributed by atoms with Crippen LogP contribution < -0.4 is 5.32 Å². The van der Waals surface area contributed by atoms with Crippen molar-refractivity contribution in [3.05, 3.63) is 42.2 Å². The fourth-order valence-electron chi connectivity index (χ4n) is 3.92. The van der Waals surface area contributed by atoms with Crippen LogP contribution >= 0.6 is 0 Å². The van der Waals surface area contributed by atoms with E-state index in [0.29, 0.717) is 23.8 Å². The van der Waals surface area contributed by atoms with Gasteiger partial charge < -0.3 is 10.4 Å². The standard InChI is InChI=1S/C20H18F3N5O5S/c21-20(22,23)14-8-12(28-7-1-6-25-28)2-3-16(14)34(32,33)13-9-15(27(10-13)18(30)31)17(29)26-19(11-24)4-5-19/h1-3,6-8,13,15H,4-5,9-10H2,(H,26,29)(H,30,31)/t13-,15+/m1/s1. The van der Waals surface area contributed by atoms with E-state index in [2.05, 4.69) is 10.4 Å². The van der Waals surface area contributed by atoms with Crippen LogP contribution in [0.5, 0.6) is 0 Å². The molecule has 1 aliphatic heterocycles. The van der Waals surface area contributed by atoms with Crippen molar-refractivity contribution in [3.63, 3.8) is 0 Å². The number of amides is 2. The Balaban J connectivity index is 1.68. The average molecular weight is 497 g/mol. The molecule has 0 spiro atoms. The van der Waals surface area contributed by atoms with Crippen LogP contribution in [0.4, 0.5) is 18.0 Å². The lowest BCUT2D eigenvalue weighted by Crippen LogP contribution is -2.49. The molecule has 2 fully saturated rings. The third-order valence-corrected chi connectivity index (χ3v) is 8.11. The van der Waals surface area contributed by atoms with Gasteiger partial charge in [0, 0.05) is 18.9 Å². The monoisotopic (exact) mass is 497 g/mol. The molecular formula is C20H18F3N5O5S. The summed E-state index contributed by atoms with van der Waals surface area (Å²) in [5, 5.41) is 23.3. The van der Waals surface area contributed by atoms with E-state index in [-0.39, 0.29) is 5.69 Å². The molecular weight excluding hydrogens is 479 g/mol. The van der Waals surface area contributed by atoms with Gasteiger partial charge in [0.1, 0.15) is 11.6 Å². The van der Waals surface area contributed by atoms with Crippen LogP contribution in [0.15, 0.2) is 41.6 Å². The second kappa shape index (κ2) is 8.01. The van der Waals surface area contributed by atoms with Crippen molar-refractivity contribution in [1.82, 2.24) is 20.0 Å². The van der Waals surface area contributed by atoms with Gasteiger partial charge in [0.15, 0.2) is 9.84 Å². The van der Waals surface area contributed by atoms with Crippen molar-refractivity contribution >= 4 is 21.8 Å². The van der Waals surface area contributed by atoms with Gasteiger partial charge in [-0.3, -0.25) is 9.69 Å². The number of carbonyl (C=O) groups is 2. The summed E-state index contributed by atoms with van der Waals surface area (Å²) in [5.74, 6) is -0.857. The van der Waals surface area contributed by atoms with Gasteiger partial charge in [0.05, 0.1) is 27.5 Å². The zero-order valence-corrected chi connectivity index (χ0v) is 18.2. The first-order chi connectivity index (χ1) is 15.9. The maximum atomic E-state index is 13.8. The predicted octanol–water partition coefficient (Wildman–Crippen LogP) is 1.96. The number of halogens is 3. The number of rotatable bonds is 5. The molecule has 1 aromatic heterocycles. The fourth-order valence-corrected chi connectivity index (χ4v) is 5.81. The van der Waals surface area contributed by atoms with Gasteiger partial charge >= 0.3 is 12.3 Å². The van der Waals surface area contributed by atoms with Crippen LogP contribution in [0.1, 0.15) is 24.8 Å². The van der Waals surface area contributed by atoms with Crippen LogP contribution in [0.3, 0.4) is 0 Å². The number of hydrogen-bond donors (Lipinski definition) is 2. The van der Waals surface area contributed by atoms with Crippen molar-refractivity contribution in [1.29, 1.82) is 5.26 Å². The fraction of sp³-hybridized carbons (Fsp3) is 0.400. The second-order valence-corrected chi connectivity index (χ2v) is 10.4. The number of carbonyl (C=O) groups excluding carboxylic acids is 1. The molecule has 180 valence electrons. The highest BCUT2D eigenvalue weighted by Gasteiger charge is 2.51. The maximum absolute atomic E-state index is 13.8. The quantitative estimate of drug-likeness (QED) is 0.642. The summed E-state index contributed by atoms with van der Waals surface area (Å²) in [6.07, 6.45) is -3.69. The van der Waals surface area contributed by atoms with E-state index < -0.39 is 68.3 Å². The summed E-state index contributed by atoms with van der Waals surface area (Å²) in [5.41, 5.74) is -2.56. The third kappa shape index (κ3) is 4.18. The SMILES string of the molecule is N#CC1(NC(=O)[C@@H]2C[C@@H](S(=O)(=O)c3ccc(-n4cccn4)cc3C(F)(F)F)CN2C(=O)O)CC1. The molecule has 1 aliphatic carbocycles. The largest absolute Gasteiger partial charge is 0.465 e. The lowest BCUT2D eigenvalue weighted by Gasteiger charge is -2.21. The maximum Gasteiger partial charge on any atom is 0.417 e. The van der Waals surface area contributed by atoms with E-state index in [4.69, 9.17) is 5.26 Å². The molecule has 10 nitrogen and oxygen atoms in total. The van der Waals surface area contributed by atoms with Crippen molar-refractivity contribution in [3.8, 4) is 11.8 Å². The number of hydrogen-bond acceptors (Lipinski definition) is 6. The number of alkyl halides is 3. The van der Waals surface area contributed by atoms with E-state index in [0.717, 1.165) is 16.8 Å². The number of likely N-dealkylation sites (tertiary alicyclic amines) is 1. The smallest absolute Gasteiger partial charge is 0.417 e.